The number of amides is 1. The van der Waals surface area contributed by atoms with Crippen LogP contribution in [0.15, 0.2) is 18.2 Å². The van der Waals surface area contributed by atoms with E-state index in [1.165, 1.54) is 11.0 Å². The van der Waals surface area contributed by atoms with Gasteiger partial charge >= 0.3 is 5.97 Å². The molecule has 0 radical (unpaired) electrons. The monoisotopic (exact) mass is 297 g/mol. The van der Waals surface area contributed by atoms with Gasteiger partial charge in [-0.1, -0.05) is 18.9 Å². The molecule has 1 saturated carbocycles. The number of halogens is 2. The van der Waals surface area contributed by atoms with E-state index in [1.807, 2.05) is 0 Å². The first kappa shape index (κ1) is 15.4. The third-order valence-electron chi connectivity index (χ3n) is 3.75. The molecule has 0 aromatic heterocycles. The van der Waals surface area contributed by atoms with E-state index in [4.69, 9.17) is 5.11 Å². The number of rotatable bonds is 5. The first-order chi connectivity index (χ1) is 9.97. The highest BCUT2D eigenvalue weighted by molar-refractivity contribution is 5.83. The number of carboxylic acids is 1. The van der Waals surface area contributed by atoms with Crippen LogP contribution in [0, 0.1) is 11.6 Å². The maximum Gasteiger partial charge on any atom is 0.323 e. The van der Waals surface area contributed by atoms with E-state index in [1.54, 1.807) is 0 Å². The van der Waals surface area contributed by atoms with E-state index in [-0.39, 0.29) is 24.6 Å². The fourth-order valence-corrected chi connectivity index (χ4v) is 2.71. The molecule has 6 heteroatoms. The maximum absolute atomic E-state index is 13.6. The number of benzene rings is 1. The van der Waals surface area contributed by atoms with Crippen molar-refractivity contribution in [1.82, 2.24) is 4.90 Å². The molecular formula is C15H17F2NO3. The molecular weight excluding hydrogens is 280 g/mol. The Hall–Kier alpha value is -1.98. The second kappa shape index (κ2) is 6.65. The first-order valence-electron chi connectivity index (χ1n) is 6.92. The SMILES string of the molecule is O=C(O)CN(C(=O)Cc1ccc(F)cc1F)C1CCCC1. The van der Waals surface area contributed by atoms with Crippen LogP contribution >= 0.6 is 0 Å². The summed E-state index contributed by atoms with van der Waals surface area (Å²) in [6, 6.07) is 2.93. The van der Waals surface area contributed by atoms with Crippen LogP contribution in [0.3, 0.4) is 0 Å². The van der Waals surface area contributed by atoms with Crippen molar-refractivity contribution in [2.75, 3.05) is 6.54 Å². The van der Waals surface area contributed by atoms with Crippen LogP contribution in [0.4, 0.5) is 8.78 Å². The lowest BCUT2D eigenvalue weighted by Gasteiger charge is -2.27. The van der Waals surface area contributed by atoms with E-state index >= 15 is 0 Å². The Labute approximate surface area is 121 Å². The second-order valence-corrected chi connectivity index (χ2v) is 5.27. The Morgan fingerprint density at radius 2 is 1.90 bits per heavy atom. The Morgan fingerprint density at radius 1 is 1.24 bits per heavy atom. The smallest absolute Gasteiger partial charge is 0.323 e. The van der Waals surface area contributed by atoms with Gasteiger partial charge in [0.1, 0.15) is 18.2 Å². The van der Waals surface area contributed by atoms with Gasteiger partial charge in [-0.05, 0) is 24.5 Å². The summed E-state index contributed by atoms with van der Waals surface area (Å²) in [6.07, 6.45) is 3.20. The number of carbonyl (C=O) groups is 2. The molecule has 114 valence electrons. The molecule has 0 bridgehead atoms. The largest absolute Gasteiger partial charge is 0.480 e. The summed E-state index contributed by atoms with van der Waals surface area (Å²) in [7, 11) is 0. The Bertz CT molecular complexity index is 542. The van der Waals surface area contributed by atoms with Gasteiger partial charge in [0.25, 0.3) is 0 Å². The zero-order chi connectivity index (χ0) is 15.4. The zero-order valence-electron chi connectivity index (χ0n) is 11.5. The third kappa shape index (κ3) is 4.00. The summed E-state index contributed by atoms with van der Waals surface area (Å²) in [5, 5.41) is 8.93. The summed E-state index contributed by atoms with van der Waals surface area (Å²) in [6.45, 7) is -0.383. The number of aliphatic carboxylic acids is 1. The molecule has 0 unspecified atom stereocenters. The zero-order valence-corrected chi connectivity index (χ0v) is 11.5. The van der Waals surface area contributed by atoms with Gasteiger partial charge in [-0.2, -0.15) is 0 Å². The van der Waals surface area contributed by atoms with Crippen molar-refractivity contribution < 1.29 is 23.5 Å². The van der Waals surface area contributed by atoms with Crippen LogP contribution in [0.2, 0.25) is 0 Å². The minimum absolute atomic E-state index is 0.0785. The van der Waals surface area contributed by atoms with E-state index in [0.717, 1.165) is 37.8 Å². The third-order valence-corrected chi connectivity index (χ3v) is 3.75. The number of hydrogen-bond donors (Lipinski definition) is 1. The van der Waals surface area contributed by atoms with E-state index in [0.29, 0.717) is 0 Å². The lowest BCUT2D eigenvalue weighted by Crippen LogP contribution is -2.43. The molecule has 1 amide bonds. The van der Waals surface area contributed by atoms with Gasteiger partial charge in [-0.25, -0.2) is 8.78 Å². The molecule has 0 aliphatic heterocycles. The summed E-state index contributed by atoms with van der Waals surface area (Å²) < 4.78 is 26.4. The first-order valence-corrected chi connectivity index (χ1v) is 6.92. The molecule has 4 nitrogen and oxygen atoms in total. The van der Waals surface area contributed by atoms with Crippen LogP contribution in [0.5, 0.6) is 0 Å². The lowest BCUT2D eigenvalue weighted by molar-refractivity contribution is -0.145. The number of carbonyl (C=O) groups excluding carboxylic acids is 1. The molecule has 1 aliphatic carbocycles. The fraction of sp³-hybridized carbons (Fsp3) is 0.467. The number of hydrogen-bond acceptors (Lipinski definition) is 2. The molecule has 2 rings (SSSR count). The molecule has 1 aliphatic rings. The van der Waals surface area contributed by atoms with Gasteiger partial charge in [0.15, 0.2) is 0 Å². The average Bonchev–Trinajstić information content (AvgIpc) is 2.92. The molecule has 0 atom stereocenters. The number of nitrogens with zero attached hydrogens (tertiary/aromatic N) is 1. The minimum atomic E-state index is -1.09. The summed E-state index contributed by atoms with van der Waals surface area (Å²) in [4.78, 5) is 24.5. The summed E-state index contributed by atoms with van der Waals surface area (Å²) >= 11 is 0. The lowest BCUT2D eigenvalue weighted by atomic mass is 10.1. The van der Waals surface area contributed by atoms with Crippen LogP contribution < -0.4 is 0 Å². The predicted octanol–water partition coefficient (Wildman–Crippen LogP) is 2.36. The molecule has 0 saturated heterocycles. The van der Waals surface area contributed by atoms with Crippen LogP contribution in [-0.4, -0.2) is 34.5 Å². The standard InChI is InChI=1S/C15H17F2NO3/c16-11-6-5-10(13(17)8-11)7-14(19)18(9-15(20)21)12-3-1-2-4-12/h5-6,8,12H,1-4,7,9H2,(H,20,21). The highest BCUT2D eigenvalue weighted by Gasteiger charge is 2.28. The van der Waals surface area contributed by atoms with E-state index < -0.39 is 23.5 Å². The predicted molar refractivity (Wildman–Crippen MR) is 71.7 cm³/mol. The normalized spacial score (nSPS) is 15.1. The van der Waals surface area contributed by atoms with E-state index in [9.17, 15) is 18.4 Å². The molecule has 0 heterocycles. The van der Waals surface area contributed by atoms with Gasteiger partial charge in [-0.15, -0.1) is 0 Å². The van der Waals surface area contributed by atoms with Crippen molar-refractivity contribution in [3.05, 3.63) is 35.4 Å². The Kier molecular flexibility index (Phi) is 4.88. The molecule has 1 fully saturated rings. The molecule has 1 aromatic rings. The van der Waals surface area contributed by atoms with Crippen LogP contribution in [0.25, 0.3) is 0 Å². The van der Waals surface area contributed by atoms with Gasteiger partial charge in [-0.3, -0.25) is 9.59 Å². The average molecular weight is 297 g/mol. The molecule has 1 aromatic carbocycles. The topological polar surface area (TPSA) is 57.6 Å². The van der Waals surface area contributed by atoms with Crippen molar-refractivity contribution in [3.8, 4) is 0 Å². The van der Waals surface area contributed by atoms with Crippen LogP contribution in [0.1, 0.15) is 31.2 Å². The Balaban J connectivity index is 2.11. The van der Waals surface area contributed by atoms with Crippen molar-refractivity contribution in [3.63, 3.8) is 0 Å². The molecule has 21 heavy (non-hydrogen) atoms. The van der Waals surface area contributed by atoms with Crippen molar-refractivity contribution in [1.29, 1.82) is 0 Å². The minimum Gasteiger partial charge on any atom is -0.480 e. The van der Waals surface area contributed by atoms with Gasteiger partial charge < -0.3 is 10.0 Å². The second-order valence-electron chi connectivity index (χ2n) is 5.27. The van der Waals surface area contributed by atoms with Crippen LogP contribution in [-0.2, 0) is 16.0 Å². The van der Waals surface area contributed by atoms with E-state index in [2.05, 4.69) is 0 Å². The van der Waals surface area contributed by atoms with Crippen molar-refractivity contribution >= 4 is 11.9 Å². The molecule has 0 spiro atoms. The maximum atomic E-state index is 13.6. The van der Waals surface area contributed by atoms with Gasteiger partial charge in [0.2, 0.25) is 5.91 Å². The number of carboxylic acid groups (broad SMARTS) is 1. The quantitative estimate of drug-likeness (QED) is 0.907. The highest BCUT2D eigenvalue weighted by Crippen LogP contribution is 2.24. The van der Waals surface area contributed by atoms with Gasteiger partial charge in [0, 0.05) is 12.1 Å². The van der Waals surface area contributed by atoms with Crippen molar-refractivity contribution in [2.24, 2.45) is 0 Å². The molecule has 1 N–H and O–H groups in total. The van der Waals surface area contributed by atoms with Crippen molar-refractivity contribution in [2.45, 2.75) is 38.1 Å². The Morgan fingerprint density at radius 3 is 2.48 bits per heavy atom. The fourth-order valence-electron chi connectivity index (χ4n) is 2.71. The van der Waals surface area contributed by atoms with Gasteiger partial charge in [0.05, 0.1) is 6.42 Å². The highest BCUT2D eigenvalue weighted by atomic mass is 19.1. The summed E-state index contributed by atoms with van der Waals surface area (Å²) in [5.74, 6) is -3.02. The summed E-state index contributed by atoms with van der Waals surface area (Å²) in [5.41, 5.74) is 0.0785.